The van der Waals surface area contributed by atoms with E-state index >= 15 is 0 Å². The molecular weight excluding hydrogens is 348 g/mol. The van der Waals surface area contributed by atoms with E-state index < -0.39 is 11.9 Å². The maximum atomic E-state index is 12.3. The molecule has 0 aliphatic heterocycles. The van der Waals surface area contributed by atoms with Crippen molar-refractivity contribution in [3.05, 3.63) is 42.0 Å². The number of carbonyl (C=O) groups is 2. The minimum absolute atomic E-state index is 0.242. The largest absolute Gasteiger partial charge is 0.496 e. The molecule has 0 radical (unpaired) electrons. The number of methoxy groups -OCH3 is 2. The summed E-state index contributed by atoms with van der Waals surface area (Å²) in [7, 11) is 3.14. The van der Waals surface area contributed by atoms with Crippen LogP contribution in [0.25, 0.3) is 21.5 Å². The van der Waals surface area contributed by atoms with Gasteiger partial charge in [-0.1, -0.05) is 12.1 Å². The molecule has 0 aliphatic rings. The standard InChI is InChI=1S/C21H20O6/c1-5-26-21(23)13-9-17-16(19(10-13)27-12(2)22)11-15-14(20(17)25-4)7-6-8-18(15)24-3/h6-11H,5H2,1-4H3. The van der Waals surface area contributed by atoms with Gasteiger partial charge in [0.15, 0.2) is 0 Å². The van der Waals surface area contributed by atoms with Crippen molar-refractivity contribution in [3.63, 3.8) is 0 Å². The molecule has 0 spiro atoms. The Labute approximate surface area is 156 Å². The minimum atomic E-state index is -0.499. The summed E-state index contributed by atoms with van der Waals surface area (Å²) in [4.78, 5) is 23.9. The second-order valence-corrected chi connectivity index (χ2v) is 5.85. The first kappa shape index (κ1) is 18.5. The van der Waals surface area contributed by atoms with Crippen LogP contribution in [-0.4, -0.2) is 32.8 Å². The Hall–Kier alpha value is -3.28. The Kier molecular flexibility index (Phi) is 5.16. The molecule has 0 atom stereocenters. The monoisotopic (exact) mass is 368 g/mol. The van der Waals surface area contributed by atoms with Crippen molar-refractivity contribution in [3.8, 4) is 17.2 Å². The molecule has 140 valence electrons. The maximum absolute atomic E-state index is 12.3. The fraction of sp³-hybridized carbons (Fsp3) is 0.238. The second kappa shape index (κ2) is 7.53. The number of rotatable bonds is 5. The van der Waals surface area contributed by atoms with Crippen molar-refractivity contribution in [2.24, 2.45) is 0 Å². The first-order chi connectivity index (χ1) is 13.0. The summed E-state index contributed by atoms with van der Waals surface area (Å²) in [5.74, 6) is 0.489. The molecule has 3 rings (SSSR count). The number of fused-ring (bicyclic) bond motifs is 2. The second-order valence-electron chi connectivity index (χ2n) is 5.85. The number of hydrogen-bond donors (Lipinski definition) is 0. The third kappa shape index (κ3) is 3.38. The predicted octanol–water partition coefficient (Wildman–Crippen LogP) is 4.11. The molecule has 0 aromatic heterocycles. The van der Waals surface area contributed by atoms with Crippen molar-refractivity contribution >= 4 is 33.5 Å². The highest BCUT2D eigenvalue weighted by atomic mass is 16.5. The Morgan fingerprint density at radius 3 is 2.26 bits per heavy atom. The molecule has 0 saturated carbocycles. The van der Waals surface area contributed by atoms with Gasteiger partial charge in [-0.05, 0) is 31.2 Å². The molecule has 6 nitrogen and oxygen atoms in total. The molecule has 0 bridgehead atoms. The van der Waals surface area contributed by atoms with Gasteiger partial charge in [-0.2, -0.15) is 0 Å². The molecule has 0 saturated heterocycles. The summed E-state index contributed by atoms with van der Waals surface area (Å²) in [6.07, 6.45) is 0. The van der Waals surface area contributed by atoms with Gasteiger partial charge in [0.05, 0.1) is 26.4 Å². The van der Waals surface area contributed by atoms with E-state index in [-0.39, 0.29) is 17.9 Å². The summed E-state index contributed by atoms with van der Waals surface area (Å²) in [6, 6.07) is 10.6. The average Bonchev–Trinajstić information content (AvgIpc) is 2.65. The van der Waals surface area contributed by atoms with E-state index in [1.54, 1.807) is 27.2 Å². The van der Waals surface area contributed by atoms with Gasteiger partial charge in [0.1, 0.15) is 17.2 Å². The van der Waals surface area contributed by atoms with Gasteiger partial charge >= 0.3 is 11.9 Å². The van der Waals surface area contributed by atoms with E-state index in [9.17, 15) is 9.59 Å². The lowest BCUT2D eigenvalue weighted by Crippen LogP contribution is -2.07. The molecule has 0 fully saturated rings. The van der Waals surface area contributed by atoms with Crippen molar-refractivity contribution in [2.45, 2.75) is 13.8 Å². The van der Waals surface area contributed by atoms with Crippen LogP contribution in [0.5, 0.6) is 17.2 Å². The third-order valence-corrected chi connectivity index (χ3v) is 4.17. The van der Waals surface area contributed by atoms with Crippen LogP contribution in [0.3, 0.4) is 0 Å². The molecule has 3 aromatic rings. The minimum Gasteiger partial charge on any atom is -0.496 e. The average molecular weight is 368 g/mol. The van der Waals surface area contributed by atoms with Crippen LogP contribution in [0, 0.1) is 0 Å². The van der Waals surface area contributed by atoms with Crippen molar-refractivity contribution in [1.29, 1.82) is 0 Å². The van der Waals surface area contributed by atoms with Gasteiger partial charge in [0.2, 0.25) is 0 Å². The summed E-state index contributed by atoms with van der Waals surface area (Å²) in [6.45, 7) is 3.28. The van der Waals surface area contributed by atoms with Gasteiger partial charge in [0.25, 0.3) is 0 Å². The molecule has 0 aliphatic carbocycles. The number of ether oxygens (including phenoxy) is 4. The van der Waals surface area contributed by atoms with Crippen molar-refractivity contribution in [1.82, 2.24) is 0 Å². The zero-order valence-corrected chi connectivity index (χ0v) is 15.6. The van der Waals surface area contributed by atoms with Gasteiger partial charge < -0.3 is 18.9 Å². The highest BCUT2D eigenvalue weighted by Crippen LogP contribution is 2.42. The van der Waals surface area contributed by atoms with Crippen LogP contribution in [0.2, 0.25) is 0 Å². The van der Waals surface area contributed by atoms with Crippen molar-refractivity contribution in [2.75, 3.05) is 20.8 Å². The van der Waals surface area contributed by atoms with Crippen LogP contribution in [0.1, 0.15) is 24.2 Å². The van der Waals surface area contributed by atoms with Crippen LogP contribution < -0.4 is 14.2 Å². The Bertz CT molecular complexity index is 1040. The summed E-state index contributed by atoms with van der Waals surface area (Å²) in [5, 5.41) is 2.90. The number of benzene rings is 3. The topological polar surface area (TPSA) is 71.1 Å². The molecular formula is C21H20O6. The predicted molar refractivity (Wildman–Crippen MR) is 102 cm³/mol. The fourth-order valence-electron chi connectivity index (χ4n) is 3.11. The lowest BCUT2D eigenvalue weighted by Gasteiger charge is -2.16. The molecule has 0 heterocycles. The zero-order valence-electron chi connectivity index (χ0n) is 15.6. The maximum Gasteiger partial charge on any atom is 0.338 e. The van der Waals surface area contributed by atoms with Crippen LogP contribution in [-0.2, 0) is 9.53 Å². The van der Waals surface area contributed by atoms with Crippen molar-refractivity contribution < 1.29 is 28.5 Å². The summed E-state index contributed by atoms with van der Waals surface area (Å²) < 4.78 is 21.6. The Balaban J connectivity index is 2.43. The highest BCUT2D eigenvalue weighted by Gasteiger charge is 2.19. The lowest BCUT2D eigenvalue weighted by atomic mass is 9.98. The molecule has 6 heteroatoms. The fourth-order valence-corrected chi connectivity index (χ4v) is 3.11. The van der Waals surface area contributed by atoms with Crippen LogP contribution in [0.15, 0.2) is 36.4 Å². The quantitative estimate of drug-likeness (QED) is 0.383. The number of esters is 2. The molecule has 0 N–H and O–H groups in total. The third-order valence-electron chi connectivity index (χ3n) is 4.17. The number of hydrogen-bond acceptors (Lipinski definition) is 6. The summed E-state index contributed by atoms with van der Waals surface area (Å²) >= 11 is 0. The number of carbonyl (C=O) groups excluding carboxylic acids is 2. The first-order valence-electron chi connectivity index (χ1n) is 8.47. The molecule has 0 unspecified atom stereocenters. The van der Waals surface area contributed by atoms with Crippen LogP contribution >= 0.6 is 0 Å². The van der Waals surface area contributed by atoms with Gasteiger partial charge in [-0.3, -0.25) is 4.79 Å². The van der Waals surface area contributed by atoms with E-state index in [1.165, 1.54) is 13.0 Å². The molecule has 27 heavy (non-hydrogen) atoms. The Morgan fingerprint density at radius 1 is 0.889 bits per heavy atom. The SMILES string of the molecule is CCOC(=O)c1cc(OC(C)=O)c2cc3c(OC)cccc3c(OC)c2c1. The first-order valence-corrected chi connectivity index (χ1v) is 8.47. The smallest absolute Gasteiger partial charge is 0.338 e. The van der Waals surface area contributed by atoms with E-state index in [1.807, 2.05) is 24.3 Å². The van der Waals surface area contributed by atoms with Gasteiger partial charge in [-0.15, -0.1) is 0 Å². The highest BCUT2D eigenvalue weighted by molar-refractivity contribution is 6.11. The molecule has 3 aromatic carbocycles. The van der Waals surface area contributed by atoms with E-state index in [4.69, 9.17) is 18.9 Å². The van der Waals surface area contributed by atoms with Gasteiger partial charge in [-0.25, -0.2) is 4.79 Å². The Morgan fingerprint density at radius 2 is 1.63 bits per heavy atom. The van der Waals surface area contributed by atoms with Crippen LogP contribution in [0.4, 0.5) is 0 Å². The summed E-state index contributed by atoms with van der Waals surface area (Å²) in [5.41, 5.74) is 0.279. The van der Waals surface area contributed by atoms with E-state index in [0.29, 0.717) is 22.3 Å². The molecule has 0 amide bonds. The van der Waals surface area contributed by atoms with Gasteiger partial charge in [0, 0.05) is 28.5 Å². The lowest BCUT2D eigenvalue weighted by molar-refractivity contribution is -0.131. The normalized spacial score (nSPS) is 10.7. The zero-order chi connectivity index (χ0) is 19.6. The van der Waals surface area contributed by atoms with E-state index in [0.717, 1.165) is 10.8 Å². The van der Waals surface area contributed by atoms with E-state index in [2.05, 4.69) is 0 Å².